The quantitative estimate of drug-likeness (QED) is 0.703. The van der Waals surface area contributed by atoms with Crippen LogP contribution in [0.2, 0.25) is 0 Å². The normalized spacial score (nSPS) is 11.1. The minimum absolute atomic E-state index is 0.0574. The van der Waals surface area contributed by atoms with Crippen LogP contribution in [0.4, 0.5) is 14.5 Å². The maximum Gasteiger partial charge on any atom is 0.232 e. The zero-order valence-electron chi connectivity index (χ0n) is 14.7. The molecule has 0 aliphatic heterocycles. The fourth-order valence-corrected chi connectivity index (χ4v) is 3.26. The number of amides is 1. The first kappa shape index (κ1) is 20.6. The standard InChI is InChI=1S/C18H20F2N2O4S/c1-27(24,25)22(18-15(19)8-5-9-16(18)20)12-11-21-17(23)10-13-26-14-6-3-2-4-7-14/h2-9H,10-13H2,1H3,(H,21,23). The minimum Gasteiger partial charge on any atom is -0.493 e. The molecule has 0 aliphatic carbocycles. The van der Waals surface area contributed by atoms with Crippen LogP contribution in [0, 0.1) is 11.6 Å². The van der Waals surface area contributed by atoms with Gasteiger partial charge < -0.3 is 10.1 Å². The number of carbonyl (C=O) groups is 1. The van der Waals surface area contributed by atoms with Crippen molar-refractivity contribution < 1.29 is 26.7 Å². The number of carbonyl (C=O) groups excluding carboxylic acids is 1. The van der Waals surface area contributed by atoms with Crippen molar-refractivity contribution in [1.29, 1.82) is 0 Å². The Hall–Kier alpha value is -2.68. The molecule has 0 heterocycles. The number of para-hydroxylation sites is 2. The van der Waals surface area contributed by atoms with Crippen LogP contribution in [-0.4, -0.2) is 40.3 Å². The molecule has 27 heavy (non-hydrogen) atoms. The zero-order chi connectivity index (χ0) is 19.9. The molecule has 0 atom stereocenters. The van der Waals surface area contributed by atoms with Gasteiger partial charge in [0.05, 0.1) is 25.8 Å². The van der Waals surface area contributed by atoms with Crippen molar-refractivity contribution in [3.8, 4) is 5.75 Å². The number of anilines is 1. The molecule has 0 spiro atoms. The van der Waals surface area contributed by atoms with Crippen LogP contribution in [0.25, 0.3) is 0 Å². The summed E-state index contributed by atoms with van der Waals surface area (Å²) in [5, 5.41) is 2.51. The molecule has 6 nitrogen and oxygen atoms in total. The summed E-state index contributed by atoms with van der Waals surface area (Å²) >= 11 is 0. The van der Waals surface area contributed by atoms with Gasteiger partial charge in [-0.2, -0.15) is 0 Å². The van der Waals surface area contributed by atoms with Gasteiger partial charge in [-0.05, 0) is 24.3 Å². The Morgan fingerprint density at radius 2 is 1.70 bits per heavy atom. The Morgan fingerprint density at radius 1 is 1.07 bits per heavy atom. The lowest BCUT2D eigenvalue weighted by atomic mass is 10.3. The maximum atomic E-state index is 13.9. The molecule has 2 aromatic rings. The van der Waals surface area contributed by atoms with E-state index in [9.17, 15) is 22.0 Å². The summed E-state index contributed by atoms with van der Waals surface area (Å²) in [7, 11) is -3.94. The maximum absolute atomic E-state index is 13.9. The van der Waals surface area contributed by atoms with E-state index in [0.717, 1.165) is 24.5 Å². The van der Waals surface area contributed by atoms with E-state index >= 15 is 0 Å². The summed E-state index contributed by atoms with van der Waals surface area (Å²) in [6.07, 6.45) is 0.899. The van der Waals surface area contributed by atoms with Crippen molar-refractivity contribution in [3.05, 3.63) is 60.2 Å². The first-order chi connectivity index (χ1) is 12.8. The molecule has 0 saturated heterocycles. The largest absolute Gasteiger partial charge is 0.493 e. The third-order valence-corrected chi connectivity index (χ3v) is 4.73. The van der Waals surface area contributed by atoms with Crippen molar-refractivity contribution in [3.63, 3.8) is 0 Å². The number of nitrogens with zero attached hydrogens (tertiary/aromatic N) is 1. The Bertz CT molecular complexity index is 856. The van der Waals surface area contributed by atoms with Gasteiger partial charge in [-0.3, -0.25) is 9.10 Å². The number of benzene rings is 2. The van der Waals surface area contributed by atoms with Crippen LogP contribution in [0.3, 0.4) is 0 Å². The Balaban J connectivity index is 1.88. The van der Waals surface area contributed by atoms with Crippen LogP contribution in [0.1, 0.15) is 6.42 Å². The average molecular weight is 398 g/mol. The van der Waals surface area contributed by atoms with Crippen LogP contribution in [0.5, 0.6) is 5.75 Å². The number of hydrogen-bond acceptors (Lipinski definition) is 4. The summed E-state index contributed by atoms with van der Waals surface area (Å²) < 4.78 is 57.6. The van der Waals surface area contributed by atoms with Crippen molar-refractivity contribution in [2.75, 3.05) is 30.3 Å². The summed E-state index contributed by atoms with van der Waals surface area (Å²) in [6.45, 7) is -0.263. The lowest BCUT2D eigenvalue weighted by molar-refractivity contribution is -0.121. The van der Waals surface area contributed by atoms with Gasteiger partial charge in [-0.15, -0.1) is 0 Å². The van der Waals surface area contributed by atoms with Gasteiger partial charge >= 0.3 is 0 Å². The number of rotatable bonds is 9. The third kappa shape index (κ3) is 6.21. The van der Waals surface area contributed by atoms with Gasteiger partial charge in [0.15, 0.2) is 11.6 Å². The molecule has 0 saturated carbocycles. The smallest absolute Gasteiger partial charge is 0.232 e. The summed E-state index contributed by atoms with van der Waals surface area (Å²) in [6, 6.07) is 12.0. The van der Waals surface area contributed by atoms with Gasteiger partial charge in [0.25, 0.3) is 0 Å². The van der Waals surface area contributed by atoms with E-state index in [0.29, 0.717) is 10.1 Å². The van der Waals surface area contributed by atoms with Crippen LogP contribution >= 0.6 is 0 Å². The second-order valence-corrected chi connectivity index (χ2v) is 7.57. The van der Waals surface area contributed by atoms with Crippen molar-refractivity contribution >= 4 is 21.6 Å². The van der Waals surface area contributed by atoms with Gasteiger partial charge in [-0.1, -0.05) is 24.3 Å². The van der Waals surface area contributed by atoms with E-state index < -0.39 is 27.3 Å². The zero-order valence-corrected chi connectivity index (χ0v) is 15.5. The summed E-state index contributed by atoms with van der Waals surface area (Å²) in [5.74, 6) is -1.73. The topological polar surface area (TPSA) is 75.7 Å². The van der Waals surface area contributed by atoms with Gasteiger partial charge in [0.1, 0.15) is 11.4 Å². The first-order valence-electron chi connectivity index (χ1n) is 8.15. The highest BCUT2D eigenvalue weighted by atomic mass is 32.2. The molecule has 0 bridgehead atoms. The van der Waals surface area contributed by atoms with Crippen molar-refractivity contribution in [2.24, 2.45) is 0 Å². The predicted molar refractivity (Wildman–Crippen MR) is 98.1 cm³/mol. The first-order valence-corrected chi connectivity index (χ1v) is 10.00. The predicted octanol–water partition coefficient (Wildman–Crippen LogP) is 2.32. The molecule has 1 amide bonds. The number of halogens is 2. The molecule has 0 aromatic heterocycles. The number of ether oxygens (including phenoxy) is 1. The van der Waals surface area contributed by atoms with E-state index in [1.54, 1.807) is 24.3 Å². The highest BCUT2D eigenvalue weighted by molar-refractivity contribution is 7.92. The molecular weight excluding hydrogens is 378 g/mol. The molecule has 2 rings (SSSR count). The Kier molecular flexibility index (Phi) is 7.12. The molecule has 0 radical (unpaired) electrons. The molecule has 9 heteroatoms. The van der Waals surface area contributed by atoms with Crippen molar-refractivity contribution in [2.45, 2.75) is 6.42 Å². The molecule has 0 fully saturated rings. The fraction of sp³-hybridized carbons (Fsp3) is 0.278. The van der Waals surface area contributed by atoms with E-state index in [2.05, 4.69) is 5.32 Å². The average Bonchev–Trinajstić information content (AvgIpc) is 2.60. The number of sulfonamides is 1. The Morgan fingerprint density at radius 3 is 2.30 bits per heavy atom. The second kappa shape index (κ2) is 9.31. The van der Waals surface area contributed by atoms with Crippen LogP contribution in [0.15, 0.2) is 48.5 Å². The van der Waals surface area contributed by atoms with Gasteiger partial charge in [-0.25, -0.2) is 17.2 Å². The number of nitrogens with one attached hydrogen (secondary N) is 1. The van der Waals surface area contributed by atoms with E-state index in [4.69, 9.17) is 4.74 Å². The fourth-order valence-electron chi connectivity index (χ4n) is 2.33. The highest BCUT2D eigenvalue weighted by Crippen LogP contribution is 2.24. The van der Waals surface area contributed by atoms with E-state index in [-0.39, 0.29) is 32.0 Å². The summed E-state index contributed by atoms with van der Waals surface area (Å²) in [5.41, 5.74) is -0.665. The molecule has 0 aliphatic rings. The van der Waals surface area contributed by atoms with Crippen LogP contribution in [-0.2, 0) is 14.8 Å². The summed E-state index contributed by atoms with van der Waals surface area (Å²) in [4.78, 5) is 11.8. The molecule has 2 aromatic carbocycles. The number of hydrogen-bond donors (Lipinski definition) is 1. The monoisotopic (exact) mass is 398 g/mol. The molecular formula is C18H20F2N2O4S. The molecule has 0 unspecified atom stereocenters. The highest BCUT2D eigenvalue weighted by Gasteiger charge is 2.24. The lowest BCUT2D eigenvalue weighted by Crippen LogP contribution is -2.39. The third-order valence-electron chi connectivity index (χ3n) is 3.57. The van der Waals surface area contributed by atoms with Crippen molar-refractivity contribution in [1.82, 2.24) is 5.32 Å². The second-order valence-electron chi connectivity index (χ2n) is 5.67. The molecule has 1 N–H and O–H groups in total. The van der Waals surface area contributed by atoms with Gasteiger partial charge in [0, 0.05) is 6.54 Å². The van der Waals surface area contributed by atoms with Crippen LogP contribution < -0.4 is 14.4 Å². The lowest BCUT2D eigenvalue weighted by Gasteiger charge is -2.23. The molecule has 146 valence electrons. The Labute approximate surface area is 156 Å². The minimum atomic E-state index is -3.94. The SMILES string of the molecule is CS(=O)(=O)N(CCNC(=O)CCOc1ccccc1)c1c(F)cccc1F. The van der Waals surface area contributed by atoms with Gasteiger partial charge in [0.2, 0.25) is 15.9 Å². The van der Waals surface area contributed by atoms with E-state index in [1.165, 1.54) is 0 Å². The van der Waals surface area contributed by atoms with E-state index in [1.807, 2.05) is 6.07 Å².